The van der Waals surface area contributed by atoms with E-state index in [1.807, 2.05) is 62.3 Å². The molecule has 0 atom stereocenters. The second kappa shape index (κ2) is 10.0. The van der Waals surface area contributed by atoms with Crippen molar-refractivity contribution in [3.63, 3.8) is 0 Å². The number of hydrogen-bond donors (Lipinski definition) is 0. The number of anilines is 1. The van der Waals surface area contributed by atoms with Crippen molar-refractivity contribution in [2.75, 3.05) is 4.90 Å². The van der Waals surface area contributed by atoms with Gasteiger partial charge in [-0.05, 0) is 28.4 Å². The first-order valence-electron chi connectivity index (χ1n) is 10.3. The van der Waals surface area contributed by atoms with Crippen LogP contribution in [0.5, 0.6) is 0 Å². The summed E-state index contributed by atoms with van der Waals surface area (Å²) in [4.78, 5) is 39.8. The summed E-state index contributed by atoms with van der Waals surface area (Å²) in [6.07, 6.45) is 0.434. The average Bonchev–Trinajstić information content (AvgIpc) is 2.46. The number of rotatable bonds is 5. The highest BCUT2D eigenvalue weighted by Gasteiger charge is 2.32. The van der Waals surface area contributed by atoms with Crippen LogP contribution in [0.1, 0.15) is 81.6 Å². The van der Waals surface area contributed by atoms with Crippen molar-refractivity contribution in [2.45, 2.75) is 86.5 Å². The Hall–Kier alpha value is -1.40. The van der Waals surface area contributed by atoms with E-state index in [2.05, 4.69) is 0 Å². The summed E-state index contributed by atoms with van der Waals surface area (Å²) in [6.45, 7) is 17.1. The van der Waals surface area contributed by atoms with Crippen molar-refractivity contribution < 1.29 is 18.8 Å². The first-order chi connectivity index (χ1) is 13.8. The molecule has 0 bridgehead atoms. The van der Waals surface area contributed by atoms with Crippen LogP contribution >= 0.6 is 23.4 Å². The van der Waals surface area contributed by atoms with Crippen molar-refractivity contribution in [1.29, 1.82) is 0 Å². The van der Waals surface area contributed by atoms with E-state index >= 15 is 0 Å². The Balaban J connectivity index is 3.44. The average molecular weight is 472 g/mol. The summed E-state index contributed by atoms with van der Waals surface area (Å²) in [5.41, 5.74) is -1.16. The quantitative estimate of drug-likeness (QED) is 0.424. The lowest BCUT2D eigenvalue weighted by Crippen LogP contribution is -2.41. The lowest BCUT2D eigenvalue weighted by molar-refractivity contribution is -0.128. The molecule has 0 saturated heterocycles. The fourth-order valence-corrected chi connectivity index (χ4v) is 4.18. The van der Waals surface area contributed by atoms with Gasteiger partial charge >= 0.3 is 0 Å². The molecule has 1 aromatic carbocycles. The highest BCUT2D eigenvalue weighted by Crippen LogP contribution is 2.37. The van der Waals surface area contributed by atoms with Crippen LogP contribution < -0.4 is 4.90 Å². The molecule has 31 heavy (non-hydrogen) atoms. The zero-order chi connectivity index (χ0) is 24.4. The molecule has 1 rings (SSSR count). The van der Waals surface area contributed by atoms with Crippen LogP contribution in [0.3, 0.4) is 0 Å². The zero-order valence-electron chi connectivity index (χ0n) is 20.1. The number of carbonyl (C=O) groups excluding carboxylic acids is 3. The number of carbonyl (C=O) groups is 3. The van der Waals surface area contributed by atoms with Crippen LogP contribution in [0, 0.1) is 22.1 Å². The number of benzene rings is 1. The highest BCUT2D eigenvalue weighted by molar-refractivity contribution is 8.13. The highest BCUT2D eigenvalue weighted by atomic mass is 35.5. The second-order valence-corrected chi connectivity index (χ2v) is 13.0. The van der Waals surface area contributed by atoms with Gasteiger partial charge in [0.05, 0.1) is 10.7 Å². The molecule has 0 aromatic heterocycles. The van der Waals surface area contributed by atoms with Crippen LogP contribution in [-0.2, 0) is 14.4 Å². The summed E-state index contributed by atoms with van der Waals surface area (Å²) < 4.78 is 15.0. The van der Waals surface area contributed by atoms with Gasteiger partial charge in [-0.25, -0.2) is 9.29 Å². The number of thioether (sulfide) groups is 1. The number of nitrogens with zero attached hydrogens (tertiary/aromatic N) is 1. The number of hydrogen-bond acceptors (Lipinski definition) is 4. The molecule has 0 spiro atoms. The SMILES string of the molecule is CC(C)(C)CC(=O)Sc1cc(N(C(=O)CC(C)(C)C)C(=O)CC(C)(C)C)c(F)cc1Cl. The molecule has 0 N–H and O–H groups in total. The smallest absolute Gasteiger partial charge is 0.234 e. The van der Waals surface area contributed by atoms with Crippen molar-refractivity contribution in [2.24, 2.45) is 16.2 Å². The summed E-state index contributed by atoms with van der Waals surface area (Å²) in [6, 6.07) is 2.40. The maximum atomic E-state index is 15.0. The van der Waals surface area contributed by atoms with Gasteiger partial charge < -0.3 is 0 Å². The lowest BCUT2D eigenvalue weighted by atomic mass is 9.89. The van der Waals surface area contributed by atoms with E-state index < -0.39 is 17.6 Å². The van der Waals surface area contributed by atoms with E-state index in [-0.39, 0.29) is 44.9 Å². The maximum Gasteiger partial charge on any atom is 0.234 e. The third-order valence-corrected chi connectivity index (χ3v) is 5.36. The topological polar surface area (TPSA) is 54.5 Å². The van der Waals surface area contributed by atoms with Gasteiger partial charge in [-0.2, -0.15) is 0 Å². The molecule has 174 valence electrons. The number of imide groups is 1. The fourth-order valence-electron chi connectivity index (χ4n) is 2.83. The van der Waals surface area contributed by atoms with Gasteiger partial charge in [0.25, 0.3) is 0 Å². The van der Waals surface area contributed by atoms with Crippen LogP contribution in [0.4, 0.5) is 10.1 Å². The molecule has 0 aliphatic rings. The minimum Gasteiger partial charge on any atom is -0.287 e. The van der Waals surface area contributed by atoms with Gasteiger partial charge in [-0.1, -0.05) is 85.7 Å². The molecule has 0 radical (unpaired) electrons. The Kier molecular flexibility index (Phi) is 8.94. The van der Waals surface area contributed by atoms with Gasteiger partial charge in [0.2, 0.25) is 11.8 Å². The molecule has 2 amide bonds. The van der Waals surface area contributed by atoms with E-state index in [1.54, 1.807) is 0 Å². The normalized spacial score (nSPS) is 12.6. The molecule has 0 aliphatic carbocycles. The zero-order valence-corrected chi connectivity index (χ0v) is 21.7. The Morgan fingerprint density at radius 3 is 1.65 bits per heavy atom. The number of halogens is 2. The lowest BCUT2D eigenvalue weighted by Gasteiger charge is -2.28. The Morgan fingerprint density at radius 2 is 1.26 bits per heavy atom. The summed E-state index contributed by atoms with van der Waals surface area (Å²) in [7, 11) is 0. The monoisotopic (exact) mass is 471 g/mol. The van der Waals surface area contributed by atoms with Crippen molar-refractivity contribution in [1.82, 2.24) is 0 Å². The van der Waals surface area contributed by atoms with E-state index in [0.717, 1.165) is 22.7 Å². The molecule has 0 unspecified atom stereocenters. The first-order valence-corrected chi connectivity index (χ1v) is 11.5. The second-order valence-electron chi connectivity index (χ2n) is 11.5. The van der Waals surface area contributed by atoms with Gasteiger partial charge in [-0.15, -0.1) is 0 Å². The Morgan fingerprint density at radius 1 is 0.839 bits per heavy atom. The predicted molar refractivity (Wildman–Crippen MR) is 127 cm³/mol. The van der Waals surface area contributed by atoms with E-state index in [1.165, 1.54) is 6.07 Å². The minimum atomic E-state index is -0.776. The van der Waals surface area contributed by atoms with Gasteiger partial charge in [0.1, 0.15) is 5.82 Å². The van der Waals surface area contributed by atoms with E-state index in [4.69, 9.17) is 11.6 Å². The van der Waals surface area contributed by atoms with Crippen LogP contribution in [0.25, 0.3) is 0 Å². The molecule has 0 heterocycles. The van der Waals surface area contributed by atoms with Gasteiger partial charge in [-0.3, -0.25) is 14.4 Å². The van der Waals surface area contributed by atoms with E-state index in [0.29, 0.717) is 11.3 Å². The summed E-state index contributed by atoms with van der Waals surface area (Å²) in [5, 5.41) is -0.0551. The molecular weight excluding hydrogens is 437 g/mol. The van der Waals surface area contributed by atoms with Crippen LogP contribution in [0.2, 0.25) is 5.02 Å². The van der Waals surface area contributed by atoms with Crippen molar-refractivity contribution >= 4 is 46.0 Å². The summed E-state index contributed by atoms with van der Waals surface area (Å²) in [5.74, 6) is -1.75. The predicted octanol–water partition coefficient (Wildman–Crippen LogP) is 7.27. The third-order valence-electron chi connectivity index (χ3n) is 4.00. The molecule has 0 fully saturated rings. The van der Waals surface area contributed by atoms with Crippen LogP contribution in [0.15, 0.2) is 17.0 Å². The van der Waals surface area contributed by atoms with Crippen LogP contribution in [-0.4, -0.2) is 16.9 Å². The molecule has 0 saturated carbocycles. The Labute approximate surface area is 195 Å². The van der Waals surface area contributed by atoms with Gasteiger partial charge in [0.15, 0.2) is 5.12 Å². The molecule has 7 heteroatoms. The van der Waals surface area contributed by atoms with E-state index in [9.17, 15) is 18.8 Å². The minimum absolute atomic E-state index is 0.0659. The van der Waals surface area contributed by atoms with Crippen molar-refractivity contribution in [3.05, 3.63) is 23.0 Å². The number of amides is 2. The fraction of sp³-hybridized carbons (Fsp3) is 0.625. The molecule has 1 aromatic rings. The Bertz CT molecular complexity index is 820. The summed E-state index contributed by atoms with van der Waals surface area (Å²) >= 11 is 7.09. The third kappa shape index (κ3) is 9.73. The maximum absolute atomic E-state index is 15.0. The molecule has 0 aliphatic heterocycles. The molecule has 4 nitrogen and oxygen atoms in total. The largest absolute Gasteiger partial charge is 0.287 e. The standard InChI is InChI=1S/C24H35ClFNO3S/c1-22(2,3)12-19(28)27(20(29)13-23(4,5)6)17-11-18(15(25)10-16(17)26)31-21(30)14-24(7,8)9/h10-11H,12-14H2,1-9H3. The first kappa shape index (κ1) is 27.6. The molecular formula is C24H35ClFNO3S. The van der Waals surface area contributed by atoms with Gasteiger partial charge in [0, 0.05) is 24.2 Å². The van der Waals surface area contributed by atoms with Crippen molar-refractivity contribution in [3.8, 4) is 0 Å².